The van der Waals surface area contributed by atoms with Crippen LogP contribution in [0.4, 0.5) is 5.69 Å². The highest BCUT2D eigenvalue weighted by Crippen LogP contribution is 2.24. The van der Waals surface area contributed by atoms with E-state index in [1.807, 2.05) is 19.1 Å². The van der Waals surface area contributed by atoms with Gasteiger partial charge in [-0.2, -0.15) is 0 Å². The number of H-pyrrole nitrogens is 1. The summed E-state index contributed by atoms with van der Waals surface area (Å²) < 4.78 is 5.43. The Labute approximate surface area is 114 Å². The number of amides is 1. The molecule has 2 N–H and O–H groups in total. The number of hydrogen-bond acceptors (Lipinski definition) is 4. The number of ether oxygens (including phenoxy) is 1. The van der Waals surface area contributed by atoms with Crippen molar-refractivity contribution in [1.29, 1.82) is 0 Å². The van der Waals surface area contributed by atoms with Crippen LogP contribution in [0.1, 0.15) is 22.3 Å². The molecule has 6 heteroatoms. The first-order valence-electron chi connectivity index (χ1n) is 5.84. The summed E-state index contributed by atoms with van der Waals surface area (Å²) in [4.78, 5) is 26.0. The van der Waals surface area contributed by atoms with Gasteiger partial charge < -0.3 is 15.0 Å². The fourth-order valence-electron chi connectivity index (χ4n) is 1.65. The molecule has 2 rings (SSSR count). The molecular formula is C13H14N2O3S. The molecule has 0 aliphatic heterocycles. The van der Waals surface area contributed by atoms with Gasteiger partial charge in [-0.25, -0.2) is 0 Å². The molecule has 5 nitrogen and oxygen atoms in total. The third kappa shape index (κ3) is 3.03. The molecule has 0 bridgehead atoms. The molecule has 0 fully saturated rings. The minimum atomic E-state index is -0.312. The molecule has 0 saturated heterocycles. The van der Waals surface area contributed by atoms with Gasteiger partial charge >= 0.3 is 4.87 Å². The first kappa shape index (κ1) is 13.4. The molecule has 0 aliphatic carbocycles. The first-order valence-corrected chi connectivity index (χ1v) is 6.66. The topological polar surface area (TPSA) is 71.2 Å². The number of rotatable bonds is 4. The smallest absolute Gasteiger partial charge is 0.305 e. The van der Waals surface area contributed by atoms with E-state index >= 15 is 0 Å². The highest BCUT2D eigenvalue weighted by molar-refractivity contribution is 7.11. The van der Waals surface area contributed by atoms with Gasteiger partial charge in [0.05, 0.1) is 12.3 Å². The number of aromatic nitrogens is 1. The van der Waals surface area contributed by atoms with E-state index in [1.165, 1.54) is 0 Å². The van der Waals surface area contributed by atoms with Gasteiger partial charge in [-0.1, -0.05) is 23.5 Å². The number of aromatic amines is 1. The minimum Gasteiger partial charge on any atom is -0.492 e. The van der Waals surface area contributed by atoms with Gasteiger partial charge in [0.15, 0.2) is 0 Å². The molecule has 0 aliphatic rings. The summed E-state index contributed by atoms with van der Waals surface area (Å²) in [7, 11) is 0. The number of anilines is 1. The summed E-state index contributed by atoms with van der Waals surface area (Å²) in [6.07, 6.45) is 0. The number of para-hydroxylation sites is 2. The number of hydrogen-bond donors (Lipinski definition) is 2. The van der Waals surface area contributed by atoms with Crippen molar-refractivity contribution in [2.75, 3.05) is 11.9 Å². The Balaban J connectivity index is 2.24. The molecule has 1 aromatic carbocycles. The van der Waals surface area contributed by atoms with Crippen molar-refractivity contribution in [1.82, 2.24) is 4.98 Å². The summed E-state index contributed by atoms with van der Waals surface area (Å²) in [5.41, 5.74) is 1.16. The van der Waals surface area contributed by atoms with E-state index in [0.29, 0.717) is 28.6 Å². The normalized spacial score (nSPS) is 10.2. The van der Waals surface area contributed by atoms with Gasteiger partial charge in [-0.15, -0.1) is 0 Å². The van der Waals surface area contributed by atoms with Crippen molar-refractivity contribution in [3.8, 4) is 5.75 Å². The SMILES string of the molecule is CCOc1ccccc1NC(=O)c1sc(=O)[nH]c1C. The molecule has 0 unspecified atom stereocenters. The van der Waals surface area contributed by atoms with Crippen LogP contribution in [0.25, 0.3) is 0 Å². The lowest BCUT2D eigenvalue weighted by Crippen LogP contribution is -2.12. The second kappa shape index (κ2) is 5.71. The molecule has 0 saturated carbocycles. The summed E-state index contributed by atoms with van der Waals surface area (Å²) in [5.74, 6) is 0.298. The van der Waals surface area contributed by atoms with Crippen LogP contribution in [0.5, 0.6) is 5.75 Å². The lowest BCUT2D eigenvalue weighted by molar-refractivity contribution is 0.102. The van der Waals surface area contributed by atoms with E-state index in [0.717, 1.165) is 11.3 Å². The predicted octanol–water partition coefficient (Wildman–Crippen LogP) is 2.40. The molecule has 0 radical (unpaired) electrons. The van der Waals surface area contributed by atoms with Crippen LogP contribution < -0.4 is 14.9 Å². The lowest BCUT2D eigenvalue weighted by Gasteiger charge is -2.10. The van der Waals surface area contributed by atoms with Crippen LogP contribution in [-0.4, -0.2) is 17.5 Å². The Morgan fingerprint density at radius 1 is 1.42 bits per heavy atom. The molecule has 1 amide bonds. The summed E-state index contributed by atoms with van der Waals surface area (Å²) in [6, 6.07) is 7.18. The van der Waals surface area contributed by atoms with Crippen LogP contribution in [0.3, 0.4) is 0 Å². The number of benzene rings is 1. The van der Waals surface area contributed by atoms with E-state index in [9.17, 15) is 9.59 Å². The van der Waals surface area contributed by atoms with E-state index in [4.69, 9.17) is 4.74 Å². The number of nitrogens with one attached hydrogen (secondary N) is 2. The van der Waals surface area contributed by atoms with Crippen molar-refractivity contribution in [2.24, 2.45) is 0 Å². The van der Waals surface area contributed by atoms with E-state index in [1.54, 1.807) is 19.1 Å². The predicted molar refractivity (Wildman–Crippen MR) is 75.2 cm³/mol. The third-order valence-electron chi connectivity index (χ3n) is 2.47. The zero-order valence-electron chi connectivity index (χ0n) is 10.6. The molecule has 1 aromatic heterocycles. The molecule has 0 atom stereocenters. The Bertz CT molecular complexity index is 645. The van der Waals surface area contributed by atoms with Gasteiger partial charge in [0.25, 0.3) is 5.91 Å². The Morgan fingerprint density at radius 2 is 2.16 bits per heavy atom. The monoisotopic (exact) mass is 278 g/mol. The summed E-state index contributed by atoms with van der Waals surface area (Å²) in [6.45, 7) is 4.09. The van der Waals surface area contributed by atoms with Gasteiger partial charge in [0.2, 0.25) is 0 Å². The maximum Gasteiger partial charge on any atom is 0.305 e. The van der Waals surface area contributed by atoms with Crippen molar-refractivity contribution in [2.45, 2.75) is 13.8 Å². The number of aryl methyl sites for hydroxylation is 1. The van der Waals surface area contributed by atoms with E-state index in [2.05, 4.69) is 10.3 Å². The standard InChI is InChI=1S/C13H14N2O3S/c1-3-18-10-7-5-4-6-9(10)15-12(16)11-8(2)14-13(17)19-11/h4-7H,3H2,1-2H3,(H,14,17)(H,15,16). The fourth-order valence-corrected chi connectivity index (χ4v) is 2.39. The van der Waals surface area contributed by atoms with Crippen molar-refractivity contribution < 1.29 is 9.53 Å². The third-order valence-corrected chi connectivity index (χ3v) is 3.45. The van der Waals surface area contributed by atoms with Crippen LogP contribution in [-0.2, 0) is 0 Å². The van der Waals surface area contributed by atoms with Gasteiger partial charge in [-0.05, 0) is 26.0 Å². The average Bonchev–Trinajstić information content (AvgIpc) is 2.71. The molecule has 19 heavy (non-hydrogen) atoms. The maximum absolute atomic E-state index is 12.1. The van der Waals surface area contributed by atoms with Gasteiger partial charge in [-0.3, -0.25) is 9.59 Å². The number of thiazole rings is 1. The second-order valence-electron chi connectivity index (χ2n) is 3.85. The quantitative estimate of drug-likeness (QED) is 0.902. The van der Waals surface area contributed by atoms with Crippen LogP contribution in [0.15, 0.2) is 29.1 Å². The zero-order valence-corrected chi connectivity index (χ0v) is 11.5. The molecule has 0 spiro atoms. The zero-order chi connectivity index (χ0) is 13.8. The molecule has 100 valence electrons. The van der Waals surface area contributed by atoms with E-state index in [-0.39, 0.29) is 10.8 Å². The fraction of sp³-hybridized carbons (Fsp3) is 0.231. The lowest BCUT2D eigenvalue weighted by atomic mass is 10.2. The van der Waals surface area contributed by atoms with E-state index < -0.39 is 0 Å². The molecule has 1 heterocycles. The van der Waals surface area contributed by atoms with Gasteiger partial charge in [0.1, 0.15) is 10.6 Å². The first-order chi connectivity index (χ1) is 9.11. The number of carbonyl (C=O) groups is 1. The van der Waals surface area contributed by atoms with Crippen LogP contribution >= 0.6 is 11.3 Å². The average molecular weight is 278 g/mol. The highest BCUT2D eigenvalue weighted by atomic mass is 32.1. The van der Waals surface area contributed by atoms with Crippen molar-refractivity contribution in [3.63, 3.8) is 0 Å². The highest BCUT2D eigenvalue weighted by Gasteiger charge is 2.15. The Hall–Kier alpha value is -2.08. The Kier molecular flexibility index (Phi) is 4.01. The van der Waals surface area contributed by atoms with Gasteiger partial charge in [0, 0.05) is 5.69 Å². The Morgan fingerprint density at radius 3 is 2.79 bits per heavy atom. The molecule has 2 aromatic rings. The summed E-state index contributed by atoms with van der Waals surface area (Å²) in [5, 5.41) is 2.75. The van der Waals surface area contributed by atoms with Crippen molar-refractivity contribution in [3.05, 3.63) is 44.5 Å². The molecular weight excluding hydrogens is 264 g/mol. The maximum atomic E-state index is 12.1. The summed E-state index contributed by atoms with van der Waals surface area (Å²) >= 11 is 0.897. The number of carbonyl (C=O) groups excluding carboxylic acids is 1. The van der Waals surface area contributed by atoms with Crippen LogP contribution in [0.2, 0.25) is 0 Å². The van der Waals surface area contributed by atoms with Crippen LogP contribution in [0, 0.1) is 6.92 Å². The van der Waals surface area contributed by atoms with Crippen molar-refractivity contribution >= 4 is 22.9 Å². The largest absolute Gasteiger partial charge is 0.492 e. The second-order valence-corrected chi connectivity index (χ2v) is 4.84. The minimum absolute atomic E-state index is 0.235.